The van der Waals surface area contributed by atoms with Crippen molar-refractivity contribution in [1.29, 1.82) is 0 Å². The fraction of sp³-hybridized carbons (Fsp3) is 0.310. The molecule has 0 N–H and O–H groups in total. The topological polar surface area (TPSA) is 18.5 Å². The lowest BCUT2D eigenvalue weighted by Gasteiger charge is -2.29. The predicted octanol–water partition coefficient (Wildman–Crippen LogP) is 8.00. The number of hydrogen-bond donors (Lipinski definition) is 0. The van der Waals surface area contributed by atoms with Crippen LogP contribution in [0.1, 0.15) is 42.7 Å². The summed E-state index contributed by atoms with van der Waals surface area (Å²) in [7, 11) is 0. The van der Waals surface area contributed by atoms with Crippen LogP contribution in [0.5, 0.6) is 11.5 Å². The summed E-state index contributed by atoms with van der Waals surface area (Å²) < 4.78 is 55.0. The molecule has 0 aliphatic heterocycles. The number of hydrogen-bond acceptors (Lipinski definition) is 2. The van der Waals surface area contributed by atoms with Crippen LogP contribution in [0, 0.1) is 30.3 Å². The van der Waals surface area contributed by atoms with Gasteiger partial charge in [-0.05, 0) is 73.8 Å². The van der Waals surface area contributed by atoms with Crippen molar-refractivity contribution in [3.8, 4) is 22.6 Å². The molecule has 0 heterocycles. The maximum absolute atomic E-state index is 14.7. The van der Waals surface area contributed by atoms with Crippen LogP contribution in [0.3, 0.4) is 0 Å². The Balaban J connectivity index is 1.33. The Morgan fingerprint density at radius 1 is 0.882 bits per heavy atom. The zero-order valence-corrected chi connectivity index (χ0v) is 19.3. The molecule has 1 saturated carbocycles. The van der Waals surface area contributed by atoms with Gasteiger partial charge in [-0.2, -0.15) is 4.39 Å². The number of ether oxygens (including phenoxy) is 2. The zero-order chi connectivity index (χ0) is 24.1. The first-order valence-corrected chi connectivity index (χ1v) is 11.7. The highest BCUT2D eigenvalue weighted by molar-refractivity contribution is 5.65. The SMILES string of the molecule is C=CCOc1ccc(C2CCC(COc3ccc(-c4ccc(C)cc4)c(F)c3F)CC2)c(F)c1. The fourth-order valence-corrected chi connectivity index (χ4v) is 4.53. The highest BCUT2D eigenvalue weighted by Crippen LogP contribution is 2.38. The molecule has 4 rings (SSSR count). The molecule has 3 aromatic carbocycles. The summed E-state index contributed by atoms with van der Waals surface area (Å²) >= 11 is 0. The number of benzene rings is 3. The van der Waals surface area contributed by atoms with E-state index in [0.29, 0.717) is 30.1 Å². The molecule has 0 atom stereocenters. The predicted molar refractivity (Wildman–Crippen MR) is 129 cm³/mol. The lowest BCUT2D eigenvalue weighted by molar-refractivity contribution is 0.192. The van der Waals surface area contributed by atoms with Gasteiger partial charge < -0.3 is 9.47 Å². The third-order valence-electron chi connectivity index (χ3n) is 6.51. The van der Waals surface area contributed by atoms with Gasteiger partial charge in [-0.3, -0.25) is 0 Å². The third-order valence-corrected chi connectivity index (χ3v) is 6.51. The Kier molecular flexibility index (Phi) is 7.61. The number of halogens is 3. The molecule has 34 heavy (non-hydrogen) atoms. The average Bonchev–Trinajstić information content (AvgIpc) is 2.85. The minimum absolute atomic E-state index is 0.0726. The number of rotatable bonds is 8. The summed E-state index contributed by atoms with van der Waals surface area (Å²) in [6.45, 7) is 6.18. The molecule has 1 fully saturated rings. The summed E-state index contributed by atoms with van der Waals surface area (Å²) in [6, 6.07) is 15.3. The van der Waals surface area contributed by atoms with Gasteiger partial charge in [0.25, 0.3) is 0 Å². The van der Waals surface area contributed by atoms with Crippen molar-refractivity contribution in [2.75, 3.05) is 13.2 Å². The highest BCUT2D eigenvalue weighted by Gasteiger charge is 2.26. The Morgan fingerprint density at radius 3 is 2.29 bits per heavy atom. The normalized spacial score (nSPS) is 17.9. The zero-order valence-electron chi connectivity index (χ0n) is 19.3. The largest absolute Gasteiger partial charge is 0.490 e. The molecule has 178 valence electrons. The first-order chi connectivity index (χ1) is 16.5. The van der Waals surface area contributed by atoms with Crippen LogP contribution in [0.15, 0.2) is 67.3 Å². The minimum Gasteiger partial charge on any atom is -0.490 e. The molecule has 0 unspecified atom stereocenters. The van der Waals surface area contributed by atoms with Crippen molar-refractivity contribution in [3.63, 3.8) is 0 Å². The molecule has 0 spiro atoms. The van der Waals surface area contributed by atoms with E-state index in [1.54, 1.807) is 36.4 Å². The molecule has 5 heteroatoms. The van der Waals surface area contributed by atoms with E-state index in [-0.39, 0.29) is 29.0 Å². The van der Waals surface area contributed by atoms with E-state index in [4.69, 9.17) is 9.47 Å². The lowest BCUT2D eigenvalue weighted by atomic mass is 9.79. The smallest absolute Gasteiger partial charge is 0.201 e. The maximum Gasteiger partial charge on any atom is 0.201 e. The van der Waals surface area contributed by atoms with Crippen molar-refractivity contribution in [2.45, 2.75) is 38.5 Å². The van der Waals surface area contributed by atoms with E-state index >= 15 is 0 Å². The van der Waals surface area contributed by atoms with Crippen LogP contribution < -0.4 is 9.47 Å². The van der Waals surface area contributed by atoms with Gasteiger partial charge in [0.2, 0.25) is 5.82 Å². The van der Waals surface area contributed by atoms with Gasteiger partial charge in [-0.25, -0.2) is 8.78 Å². The summed E-state index contributed by atoms with van der Waals surface area (Å²) in [4.78, 5) is 0. The summed E-state index contributed by atoms with van der Waals surface area (Å²) in [5.74, 6) is -1.36. The Hall–Kier alpha value is -3.21. The minimum atomic E-state index is -0.965. The molecule has 2 nitrogen and oxygen atoms in total. The maximum atomic E-state index is 14.7. The van der Waals surface area contributed by atoms with Gasteiger partial charge in [-0.1, -0.05) is 48.6 Å². The summed E-state index contributed by atoms with van der Waals surface area (Å²) in [5.41, 5.74) is 2.59. The Morgan fingerprint density at radius 2 is 1.62 bits per heavy atom. The second kappa shape index (κ2) is 10.8. The van der Waals surface area contributed by atoms with Crippen LogP contribution in [0.2, 0.25) is 0 Å². The quantitative estimate of drug-likeness (QED) is 0.313. The van der Waals surface area contributed by atoms with Crippen molar-refractivity contribution < 1.29 is 22.6 Å². The molecule has 0 bridgehead atoms. The van der Waals surface area contributed by atoms with E-state index in [1.807, 2.05) is 19.1 Å². The van der Waals surface area contributed by atoms with Gasteiger partial charge in [0, 0.05) is 11.6 Å². The second-order valence-electron chi connectivity index (χ2n) is 8.92. The lowest BCUT2D eigenvalue weighted by Crippen LogP contribution is -2.20. The van der Waals surface area contributed by atoms with Crippen LogP contribution >= 0.6 is 0 Å². The van der Waals surface area contributed by atoms with Gasteiger partial charge in [0.05, 0.1) is 6.61 Å². The van der Waals surface area contributed by atoms with E-state index < -0.39 is 11.6 Å². The average molecular weight is 467 g/mol. The van der Waals surface area contributed by atoms with Gasteiger partial charge in [-0.15, -0.1) is 0 Å². The van der Waals surface area contributed by atoms with Crippen LogP contribution in [-0.2, 0) is 0 Å². The van der Waals surface area contributed by atoms with E-state index in [2.05, 4.69) is 6.58 Å². The van der Waals surface area contributed by atoms with Crippen LogP contribution in [0.25, 0.3) is 11.1 Å². The first-order valence-electron chi connectivity index (χ1n) is 11.7. The van der Waals surface area contributed by atoms with Crippen LogP contribution in [0.4, 0.5) is 13.2 Å². The molecule has 3 aromatic rings. The summed E-state index contributed by atoms with van der Waals surface area (Å²) in [5, 5.41) is 0. The molecular formula is C29H29F3O2. The second-order valence-corrected chi connectivity index (χ2v) is 8.92. The molecule has 0 radical (unpaired) electrons. The molecule has 1 aliphatic carbocycles. The number of aryl methyl sites for hydroxylation is 1. The van der Waals surface area contributed by atoms with Crippen molar-refractivity contribution in [3.05, 3.63) is 95.8 Å². The Bertz CT molecular complexity index is 1130. The molecule has 0 saturated heterocycles. The molecule has 1 aliphatic rings. The van der Waals surface area contributed by atoms with Crippen molar-refractivity contribution in [1.82, 2.24) is 0 Å². The molecule has 0 aromatic heterocycles. The van der Waals surface area contributed by atoms with Crippen molar-refractivity contribution in [2.24, 2.45) is 5.92 Å². The van der Waals surface area contributed by atoms with Gasteiger partial charge in [0.1, 0.15) is 18.2 Å². The van der Waals surface area contributed by atoms with Crippen LogP contribution in [-0.4, -0.2) is 13.2 Å². The Labute approximate surface area is 199 Å². The van der Waals surface area contributed by atoms with E-state index in [0.717, 1.165) is 31.2 Å². The van der Waals surface area contributed by atoms with Gasteiger partial charge in [0.15, 0.2) is 11.6 Å². The monoisotopic (exact) mass is 466 g/mol. The molecule has 0 amide bonds. The third kappa shape index (κ3) is 5.46. The van der Waals surface area contributed by atoms with E-state index in [1.165, 1.54) is 12.1 Å². The van der Waals surface area contributed by atoms with Gasteiger partial charge >= 0.3 is 0 Å². The highest BCUT2D eigenvalue weighted by atomic mass is 19.2. The first kappa shape index (κ1) is 23.9. The summed E-state index contributed by atoms with van der Waals surface area (Å²) in [6.07, 6.45) is 4.94. The van der Waals surface area contributed by atoms with Crippen molar-refractivity contribution >= 4 is 0 Å². The standard InChI is InChI=1S/C29H29F3O2/c1-3-16-33-23-12-13-24(26(30)17-23)21-10-6-20(7-11-21)18-34-27-15-14-25(28(31)29(27)32)22-8-4-19(2)5-9-22/h3-5,8-9,12-15,17,20-21H,1,6-7,10-11,16,18H2,2H3. The molecular weight excluding hydrogens is 437 g/mol. The fourth-order valence-electron chi connectivity index (χ4n) is 4.53. The van der Waals surface area contributed by atoms with E-state index in [9.17, 15) is 13.2 Å².